The highest BCUT2D eigenvalue weighted by Gasteiger charge is 2.10. The summed E-state index contributed by atoms with van der Waals surface area (Å²) in [7, 11) is 1.75. The standard InChI is InChI=1S/C19H16F2N4/c1-3-4-15(19-22-23-24-25(19)2)11-14-7-10-17(21)12-18(14)13-5-8-16(20)9-6-13/h3-12H,1-2H3/b4-3+,15-11-. The fraction of sp³-hybridized carbons (Fsp3) is 0.105. The van der Waals surface area contributed by atoms with Gasteiger partial charge in [0.25, 0.3) is 0 Å². The number of halogens is 2. The van der Waals surface area contributed by atoms with Crippen LogP contribution in [0, 0.1) is 11.6 Å². The van der Waals surface area contributed by atoms with Gasteiger partial charge in [0.05, 0.1) is 0 Å². The van der Waals surface area contributed by atoms with Crippen LogP contribution in [-0.4, -0.2) is 20.2 Å². The van der Waals surface area contributed by atoms with Gasteiger partial charge in [0.15, 0.2) is 5.82 Å². The van der Waals surface area contributed by atoms with E-state index in [0.29, 0.717) is 11.4 Å². The molecule has 0 atom stereocenters. The first-order valence-corrected chi connectivity index (χ1v) is 7.71. The maximum atomic E-state index is 13.8. The van der Waals surface area contributed by atoms with E-state index >= 15 is 0 Å². The van der Waals surface area contributed by atoms with Gasteiger partial charge in [0, 0.05) is 12.6 Å². The van der Waals surface area contributed by atoms with Crippen molar-refractivity contribution in [1.82, 2.24) is 20.2 Å². The van der Waals surface area contributed by atoms with Crippen molar-refractivity contribution in [2.75, 3.05) is 0 Å². The van der Waals surface area contributed by atoms with E-state index in [-0.39, 0.29) is 11.6 Å². The van der Waals surface area contributed by atoms with E-state index in [1.807, 2.05) is 25.2 Å². The molecule has 126 valence electrons. The van der Waals surface area contributed by atoms with Crippen LogP contribution in [-0.2, 0) is 7.05 Å². The summed E-state index contributed by atoms with van der Waals surface area (Å²) in [5, 5.41) is 11.5. The molecule has 0 aliphatic heterocycles. The average Bonchev–Trinajstić information content (AvgIpc) is 3.02. The summed E-state index contributed by atoms with van der Waals surface area (Å²) in [5.74, 6) is -0.103. The van der Waals surface area contributed by atoms with E-state index in [2.05, 4.69) is 15.5 Å². The highest BCUT2D eigenvalue weighted by atomic mass is 19.1. The normalized spacial score (nSPS) is 12.1. The van der Waals surface area contributed by atoms with Crippen LogP contribution in [0.4, 0.5) is 8.78 Å². The highest BCUT2D eigenvalue weighted by Crippen LogP contribution is 2.28. The molecule has 0 unspecified atom stereocenters. The molecule has 25 heavy (non-hydrogen) atoms. The summed E-state index contributed by atoms with van der Waals surface area (Å²) < 4.78 is 28.6. The van der Waals surface area contributed by atoms with Crippen molar-refractivity contribution >= 4 is 11.6 Å². The predicted molar refractivity (Wildman–Crippen MR) is 93.3 cm³/mol. The smallest absolute Gasteiger partial charge is 0.181 e. The van der Waals surface area contributed by atoms with Gasteiger partial charge in [-0.2, -0.15) is 0 Å². The average molecular weight is 338 g/mol. The minimum Gasteiger partial charge on any atom is -0.229 e. The number of nitrogens with zero attached hydrogens (tertiary/aromatic N) is 4. The van der Waals surface area contributed by atoms with E-state index in [0.717, 1.165) is 16.7 Å². The molecule has 1 heterocycles. The van der Waals surface area contributed by atoms with Crippen molar-refractivity contribution in [1.29, 1.82) is 0 Å². The molecule has 0 aliphatic carbocycles. The molecule has 4 nitrogen and oxygen atoms in total. The molecule has 3 aromatic rings. The van der Waals surface area contributed by atoms with Crippen LogP contribution in [0.5, 0.6) is 0 Å². The van der Waals surface area contributed by atoms with E-state index in [1.54, 1.807) is 29.9 Å². The molecular formula is C19H16F2N4. The summed E-state index contributed by atoms with van der Waals surface area (Å²) in [5.41, 5.74) is 2.95. The summed E-state index contributed by atoms with van der Waals surface area (Å²) in [4.78, 5) is 0. The van der Waals surface area contributed by atoms with E-state index < -0.39 is 0 Å². The van der Waals surface area contributed by atoms with Crippen molar-refractivity contribution < 1.29 is 8.78 Å². The number of hydrogen-bond donors (Lipinski definition) is 0. The number of aromatic nitrogens is 4. The first-order chi connectivity index (χ1) is 12.1. The van der Waals surface area contributed by atoms with Crippen molar-refractivity contribution in [3.63, 3.8) is 0 Å². The Morgan fingerprint density at radius 1 is 1.04 bits per heavy atom. The van der Waals surface area contributed by atoms with Crippen molar-refractivity contribution in [2.24, 2.45) is 7.05 Å². The largest absolute Gasteiger partial charge is 0.229 e. The van der Waals surface area contributed by atoms with Crippen LogP contribution in [0.3, 0.4) is 0 Å². The molecule has 0 amide bonds. The Labute approximate surface area is 144 Å². The first-order valence-electron chi connectivity index (χ1n) is 7.71. The van der Waals surface area contributed by atoms with Crippen LogP contribution in [0.15, 0.2) is 54.6 Å². The molecular weight excluding hydrogens is 322 g/mol. The molecule has 6 heteroatoms. The Morgan fingerprint density at radius 3 is 2.40 bits per heavy atom. The minimum atomic E-state index is -0.357. The molecule has 0 saturated carbocycles. The molecule has 0 spiro atoms. The molecule has 0 bridgehead atoms. The molecule has 0 N–H and O–H groups in total. The second-order valence-electron chi connectivity index (χ2n) is 5.46. The Hall–Kier alpha value is -3.15. The van der Waals surface area contributed by atoms with Gasteiger partial charge in [0.1, 0.15) is 11.6 Å². The number of benzene rings is 2. The lowest BCUT2D eigenvalue weighted by atomic mass is 9.97. The molecule has 0 saturated heterocycles. The van der Waals surface area contributed by atoms with Gasteiger partial charge in [-0.1, -0.05) is 30.4 Å². The maximum Gasteiger partial charge on any atom is 0.181 e. The second-order valence-corrected chi connectivity index (χ2v) is 5.46. The van der Waals surface area contributed by atoms with Gasteiger partial charge >= 0.3 is 0 Å². The van der Waals surface area contributed by atoms with Crippen LogP contribution >= 0.6 is 0 Å². The van der Waals surface area contributed by atoms with E-state index in [1.165, 1.54) is 24.3 Å². The Morgan fingerprint density at radius 2 is 1.76 bits per heavy atom. The molecule has 3 rings (SSSR count). The fourth-order valence-electron chi connectivity index (χ4n) is 2.54. The Bertz CT molecular complexity index is 940. The SMILES string of the molecule is C/C=C/C(=C/c1ccc(F)cc1-c1ccc(F)cc1)c1nnnn1C. The highest BCUT2D eigenvalue weighted by molar-refractivity contribution is 5.89. The third-order valence-corrected chi connectivity index (χ3v) is 3.71. The summed E-state index contributed by atoms with van der Waals surface area (Å²) in [6, 6.07) is 10.5. The van der Waals surface area contributed by atoms with Gasteiger partial charge in [-0.3, -0.25) is 0 Å². The molecule has 2 aromatic carbocycles. The molecule has 0 fully saturated rings. The number of rotatable bonds is 4. The molecule has 0 aliphatic rings. The van der Waals surface area contributed by atoms with Gasteiger partial charge in [-0.25, -0.2) is 13.5 Å². The van der Waals surface area contributed by atoms with Crippen molar-refractivity contribution in [3.8, 4) is 11.1 Å². The zero-order chi connectivity index (χ0) is 17.8. The Kier molecular flexibility index (Phi) is 4.79. The maximum absolute atomic E-state index is 13.8. The first kappa shape index (κ1) is 16.7. The fourth-order valence-corrected chi connectivity index (χ4v) is 2.54. The number of hydrogen-bond acceptors (Lipinski definition) is 3. The number of aryl methyl sites for hydroxylation is 1. The van der Waals surface area contributed by atoms with Crippen LogP contribution in [0.25, 0.3) is 22.8 Å². The van der Waals surface area contributed by atoms with Crippen molar-refractivity contribution in [2.45, 2.75) is 6.92 Å². The molecule has 0 radical (unpaired) electrons. The lowest BCUT2D eigenvalue weighted by Crippen LogP contribution is -1.98. The summed E-state index contributed by atoms with van der Waals surface area (Å²) in [6.07, 6.45) is 5.63. The zero-order valence-corrected chi connectivity index (χ0v) is 13.8. The third kappa shape index (κ3) is 3.68. The van der Waals surface area contributed by atoms with Crippen molar-refractivity contribution in [3.05, 3.63) is 77.6 Å². The monoisotopic (exact) mass is 338 g/mol. The second kappa shape index (κ2) is 7.17. The van der Waals surface area contributed by atoms with Gasteiger partial charge < -0.3 is 0 Å². The quantitative estimate of drug-likeness (QED) is 0.667. The van der Waals surface area contributed by atoms with E-state index in [9.17, 15) is 8.78 Å². The lowest BCUT2D eigenvalue weighted by molar-refractivity contribution is 0.627. The summed E-state index contributed by atoms with van der Waals surface area (Å²) in [6.45, 7) is 1.89. The zero-order valence-electron chi connectivity index (χ0n) is 13.8. The number of tetrazole rings is 1. The van der Waals surface area contributed by atoms with Gasteiger partial charge in [-0.15, -0.1) is 5.10 Å². The molecule has 1 aromatic heterocycles. The van der Waals surface area contributed by atoms with Crippen LogP contribution < -0.4 is 0 Å². The topological polar surface area (TPSA) is 43.6 Å². The number of allylic oxidation sites excluding steroid dienone is 3. The van der Waals surface area contributed by atoms with Crippen LogP contribution in [0.1, 0.15) is 18.3 Å². The minimum absolute atomic E-state index is 0.336. The van der Waals surface area contributed by atoms with Crippen LogP contribution in [0.2, 0.25) is 0 Å². The predicted octanol–water partition coefficient (Wildman–Crippen LogP) is 4.27. The lowest BCUT2D eigenvalue weighted by Gasteiger charge is -2.09. The van der Waals surface area contributed by atoms with Gasteiger partial charge in [0.2, 0.25) is 0 Å². The van der Waals surface area contributed by atoms with E-state index in [4.69, 9.17) is 0 Å². The van der Waals surface area contributed by atoms with Gasteiger partial charge in [-0.05, 0) is 64.4 Å². The third-order valence-electron chi connectivity index (χ3n) is 3.71. The Balaban J connectivity index is 2.16. The summed E-state index contributed by atoms with van der Waals surface area (Å²) >= 11 is 0.